The van der Waals surface area contributed by atoms with E-state index in [0.29, 0.717) is 5.71 Å². The first kappa shape index (κ1) is 17.3. The summed E-state index contributed by atoms with van der Waals surface area (Å²) in [6, 6.07) is 10.2. The molecule has 5 nitrogen and oxygen atoms in total. The number of piperidine rings is 1. The van der Waals surface area contributed by atoms with Gasteiger partial charge in [0.2, 0.25) is 0 Å². The molecular formula is C23H23N3O2. The van der Waals surface area contributed by atoms with Gasteiger partial charge in [0.15, 0.2) is 5.71 Å². The number of aliphatic imine (C=N–C) groups is 1. The van der Waals surface area contributed by atoms with Crippen molar-refractivity contribution in [2.24, 2.45) is 9.98 Å². The van der Waals surface area contributed by atoms with Crippen molar-refractivity contribution in [3.63, 3.8) is 0 Å². The first-order valence-corrected chi connectivity index (χ1v) is 9.84. The maximum Gasteiger partial charge on any atom is 0.357 e. The summed E-state index contributed by atoms with van der Waals surface area (Å²) in [6.45, 7) is 5.94. The van der Waals surface area contributed by atoms with Crippen LogP contribution in [0.5, 0.6) is 0 Å². The molecule has 2 aromatic carbocycles. The number of para-hydroxylation sites is 1. The van der Waals surface area contributed by atoms with E-state index in [1.807, 2.05) is 25.1 Å². The monoisotopic (exact) mass is 373 g/mol. The van der Waals surface area contributed by atoms with E-state index in [9.17, 15) is 4.79 Å². The number of nitrogens with zero attached hydrogens (tertiary/aromatic N) is 3. The Bertz CT molecular complexity index is 1250. The number of carbonyl (C=O) groups is 1. The van der Waals surface area contributed by atoms with Crippen molar-refractivity contribution in [2.45, 2.75) is 32.8 Å². The van der Waals surface area contributed by atoms with Gasteiger partial charge in [-0.05, 0) is 57.0 Å². The molecule has 0 bridgehead atoms. The minimum absolute atomic E-state index is 0.0177. The molecule has 3 aliphatic heterocycles. The molecular weight excluding hydrogens is 350 g/mol. The van der Waals surface area contributed by atoms with Gasteiger partial charge in [-0.1, -0.05) is 18.2 Å². The Hall–Kier alpha value is -2.79. The number of esters is 1. The first-order valence-electron chi connectivity index (χ1n) is 9.84. The van der Waals surface area contributed by atoms with Gasteiger partial charge in [-0.3, -0.25) is 0 Å². The van der Waals surface area contributed by atoms with Crippen molar-refractivity contribution in [1.82, 2.24) is 4.90 Å². The Morgan fingerprint density at radius 2 is 1.86 bits per heavy atom. The van der Waals surface area contributed by atoms with Crippen LogP contribution in [0.2, 0.25) is 0 Å². The predicted molar refractivity (Wildman–Crippen MR) is 109 cm³/mol. The van der Waals surface area contributed by atoms with Crippen LogP contribution in [0.3, 0.4) is 0 Å². The summed E-state index contributed by atoms with van der Waals surface area (Å²) in [5.74, 6) is -0.305. The van der Waals surface area contributed by atoms with Crippen molar-refractivity contribution < 1.29 is 9.53 Å². The van der Waals surface area contributed by atoms with Gasteiger partial charge in [0.1, 0.15) is 6.10 Å². The van der Waals surface area contributed by atoms with E-state index in [4.69, 9.17) is 9.73 Å². The third-order valence-electron chi connectivity index (χ3n) is 6.04. The molecule has 0 N–H and O–H groups in total. The van der Waals surface area contributed by atoms with Crippen molar-refractivity contribution in [3.05, 3.63) is 56.9 Å². The summed E-state index contributed by atoms with van der Waals surface area (Å²) in [5.41, 5.74) is 4.23. The van der Waals surface area contributed by atoms with Gasteiger partial charge in [-0.2, -0.15) is 0 Å². The van der Waals surface area contributed by atoms with E-state index in [-0.39, 0.29) is 12.1 Å². The molecule has 0 saturated carbocycles. The highest BCUT2D eigenvalue weighted by atomic mass is 16.5. The van der Waals surface area contributed by atoms with Gasteiger partial charge in [-0.15, -0.1) is 0 Å². The van der Waals surface area contributed by atoms with Crippen LogP contribution in [0.15, 0.2) is 40.3 Å². The lowest BCUT2D eigenvalue weighted by Crippen LogP contribution is -2.36. The van der Waals surface area contributed by atoms with E-state index < -0.39 is 0 Å². The molecule has 0 unspecified atom stereocenters. The normalized spacial score (nSPS) is 18.2. The van der Waals surface area contributed by atoms with Gasteiger partial charge >= 0.3 is 5.97 Å². The Balaban J connectivity index is 1.55. The molecule has 1 saturated heterocycles. The maximum absolute atomic E-state index is 12.8. The minimum atomic E-state index is -0.305. The standard InChI is InChI=1S/C23H23N3O2/c1-13-20-14(2)22(23(27)28-15-8-10-26(3)11-9-15)25-19(20)12-17-16-6-4-5-7-18(16)24-21(13)17/h4-7,12,15H,8-11H2,1-3H3. The molecule has 0 atom stereocenters. The van der Waals surface area contributed by atoms with E-state index in [1.54, 1.807) is 0 Å². The molecule has 0 aromatic heterocycles. The summed E-state index contributed by atoms with van der Waals surface area (Å²) in [4.78, 5) is 24.6. The smallest absolute Gasteiger partial charge is 0.357 e. The third-order valence-corrected chi connectivity index (χ3v) is 6.04. The molecule has 3 aliphatic rings. The van der Waals surface area contributed by atoms with Crippen molar-refractivity contribution in [3.8, 4) is 0 Å². The second-order valence-electron chi connectivity index (χ2n) is 7.91. The van der Waals surface area contributed by atoms with Gasteiger partial charge < -0.3 is 9.64 Å². The van der Waals surface area contributed by atoms with Crippen LogP contribution in [0, 0.1) is 17.4 Å². The van der Waals surface area contributed by atoms with Crippen LogP contribution in [0.1, 0.15) is 25.3 Å². The van der Waals surface area contributed by atoms with Gasteiger partial charge in [-0.25, -0.2) is 14.8 Å². The Morgan fingerprint density at radius 1 is 1.11 bits per heavy atom. The van der Waals surface area contributed by atoms with Gasteiger partial charge in [0.05, 0.1) is 16.7 Å². The van der Waals surface area contributed by atoms with E-state index in [2.05, 4.69) is 36.0 Å². The summed E-state index contributed by atoms with van der Waals surface area (Å²) >= 11 is 0. The predicted octanol–water partition coefficient (Wildman–Crippen LogP) is 2.44. The molecule has 5 rings (SSSR count). The molecule has 0 amide bonds. The van der Waals surface area contributed by atoms with Gasteiger partial charge in [0, 0.05) is 28.7 Å². The lowest BCUT2D eigenvalue weighted by Gasteiger charge is -2.28. The second-order valence-corrected chi connectivity index (χ2v) is 7.91. The lowest BCUT2D eigenvalue weighted by molar-refractivity contribution is -0.142. The Labute approximate surface area is 163 Å². The van der Waals surface area contributed by atoms with Crippen LogP contribution >= 0.6 is 0 Å². The zero-order chi connectivity index (χ0) is 19.4. The SMILES string of the molecule is CC1=c2c(cc3c(c2C)N=c2ccccc2=3)N=C1C(=O)OC1CCN(C)CC1. The van der Waals surface area contributed by atoms with Crippen LogP contribution in [-0.4, -0.2) is 42.8 Å². The quantitative estimate of drug-likeness (QED) is 0.649. The number of likely N-dealkylation sites (tertiary alicyclic amines) is 1. The highest BCUT2D eigenvalue weighted by Gasteiger charge is 2.28. The summed E-state index contributed by atoms with van der Waals surface area (Å²) in [6.07, 6.45) is 1.74. The van der Waals surface area contributed by atoms with E-state index in [0.717, 1.165) is 69.5 Å². The number of benzene rings is 2. The number of fused-ring (bicyclic) bond motifs is 3. The fourth-order valence-electron chi connectivity index (χ4n) is 4.45. The number of carbonyl (C=O) groups excluding carboxylic acids is 1. The van der Waals surface area contributed by atoms with Crippen molar-refractivity contribution >= 4 is 28.6 Å². The second kappa shape index (κ2) is 6.38. The minimum Gasteiger partial charge on any atom is -0.458 e. The molecule has 3 heterocycles. The largest absolute Gasteiger partial charge is 0.458 e. The first-order chi connectivity index (χ1) is 13.5. The Morgan fingerprint density at radius 3 is 2.64 bits per heavy atom. The van der Waals surface area contributed by atoms with Crippen LogP contribution in [0.4, 0.5) is 11.4 Å². The molecule has 5 heteroatoms. The average molecular weight is 373 g/mol. The van der Waals surface area contributed by atoms with E-state index in [1.165, 1.54) is 0 Å². The molecule has 0 radical (unpaired) electrons. The zero-order valence-electron chi connectivity index (χ0n) is 16.5. The lowest BCUT2D eigenvalue weighted by atomic mass is 10.0. The topological polar surface area (TPSA) is 54.3 Å². The summed E-state index contributed by atoms with van der Waals surface area (Å²) < 4.78 is 5.78. The summed E-state index contributed by atoms with van der Waals surface area (Å²) in [5, 5.41) is 4.23. The number of ether oxygens (including phenoxy) is 1. The highest BCUT2D eigenvalue weighted by Crippen LogP contribution is 2.28. The molecule has 2 aromatic rings. The third kappa shape index (κ3) is 2.61. The molecule has 0 aliphatic carbocycles. The molecule has 1 fully saturated rings. The average Bonchev–Trinajstić information content (AvgIpc) is 3.23. The highest BCUT2D eigenvalue weighted by molar-refractivity contribution is 6.53. The van der Waals surface area contributed by atoms with Gasteiger partial charge in [0.25, 0.3) is 0 Å². The van der Waals surface area contributed by atoms with Crippen LogP contribution in [0.25, 0.3) is 5.57 Å². The van der Waals surface area contributed by atoms with Crippen LogP contribution in [-0.2, 0) is 9.53 Å². The summed E-state index contributed by atoms with van der Waals surface area (Å²) in [7, 11) is 2.10. The van der Waals surface area contributed by atoms with E-state index >= 15 is 0 Å². The van der Waals surface area contributed by atoms with Crippen LogP contribution < -0.4 is 10.6 Å². The fourth-order valence-corrected chi connectivity index (χ4v) is 4.45. The molecule has 28 heavy (non-hydrogen) atoms. The van der Waals surface area contributed by atoms with Crippen molar-refractivity contribution in [2.75, 3.05) is 20.1 Å². The maximum atomic E-state index is 12.8. The number of hydrogen-bond acceptors (Lipinski definition) is 5. The molecule has 0 spiro atoms. The fraction of sp³-hybridized carbons (Fsp3) is 0.348. The number of rotatable bonds is 2. The molecule has 142 valence electrons. The zero-order valence-corrected chi connectivity index (χ0v) is 16.5. The number of hydrogen-bond donors (Lipinski definition) is 0. The van der Waals surface area contributed by atoms with Crippen molar-refractivity contribution in [1.29, 1.82) is 0 Å². The Kier molecular flexibility index (Phi) is 3.95.